The number of cyclic esters (lactones) is 2. The van der Waals surface area contributed by atoms with Gasteiger partial charge in [0.2, 0.25) is 0 Å². The van der Waals surface area contributed by atoms with Crippen molar-refractivity contribution >= 4 is 33.5 Å². The minimum atomic E-state index is -0.808. The molecule has 2 aliphatic rings. The van der Waals surface area contributed by atoms with Gasteiger partial charge in [-0.2, -0.15) is 0 Å². The number of aliphatic hydroxyl groups excluding tert-OH is 5. The van der Waals surface area contributed by atoms with Crippen LogP contribution < -0.4 is 4.74 Å². The Bertz CT molecular complexity index is 2060. The molecule has 2 aliphatic heterocycles. The van der Waals surface area contributed by atoms with Gasteiger partial charge < -0.3 is 60.2 Å². The standard InChI is InChI=1S/2C24H32O7/c1-4-5-6-7-16(25)11-17(26)12-18-9-14-8-15-10-19(30-3)13(2)22(27)20(15)23(28)21(14)24(29)31-18;1-3-4-5-6-17(26)10-18(27)11-19-9-15-7-14-8-16(12-25)13(2)22(28)20(14)23(29)21(15)24(30)31-19/h8,10,16-18,25-28H,4-7,9,11-12H2,1-3H3;7-8,17-19,25-29H,3-6,9-12H2,1-2H3. The summed E-state index contributed by atoms with van der Waals surface area (Å²) in [6.45, 7) is 7.22. The molecule has 0 radical (unpaired) electrons. The Morgan fingerprint density at radius 3 is 1.48 bits per heavy atom. The number of benzene rings is 4. The Hall–Kier alpha value is -4.86. The van der Waals surface area contributed by atoms with Gasteiger partial charge in [0, 0.05) is 31.2 Å². The highest BCUT2D eigenvalue weighted by molar-refractivity contribution is 6.07. The summed E-state index contributed by atoms with van der Waals surface area (Å²) in [5, 5.41) is 94.3. The molecule has 0 spiro atoms. The van der Waals surface area contributed by atoms with Crippen LogP contribution in [0.4, 0.5) is 0 Å². The molecule has 14 heteroatoms. The van der Waals surface area contributed by atoms with E-state index in [9.17, 15) is 55.5 Å². The van der Waals surface area contributed by atoms with Gasteiger partial charge in [0.15, 0.2) is 0 Å². The van der Waals surface area contributed by atoms with Crippen molar-refractivity contribution in [3.8, 4) is 28.7 Å². The van der Waals surface area contributed by atoms with Crippen LogP contribution in [0.2, 0.25) is 0 Å². The molecule has 6 atom stereocenters. The third-order valence-electron chi connectivity index (χ3n) is 12.2. The summed E-state index contributed by atoms with van der Waals surface area (Å²) in [6, 6.07) is 6.84. The molecular formula is C48H64O14. The second-order valence-corrected chi connectivity index (χ2v) is 16.9. The lowest BCUT2D eigenvalue weighted by molar-refractivity contribution is -0.000831. The molecule has 14 nitrogen and oxygen atoms in total. The van der Waals surface area contributed by atoms with Gasteiger partial charge in [-0.25, -0.2) is 9.59 Å². The lowest BCUT2D eigenvalue weighted by Crippen LogP contribution is -2.32. The van der Waals surface area contributed by atoms with Crippen molar-refractivity contribution in [1.82, 2.24) is 0 Å². The highest BCUT2D eigenvalue weighted by atomic mass is 16.6. The van der Waals surface area contributed by atoms with Crippen LogP contribution in [0.5, 0.6) is 28.7 Å². The predicted octanol–water partition coefficient (Wildman–Crippen LogP) is 6.95. The van der Waals surface area contributed by atoms with Crippen molar-refractivity contribution in [2.75, 3.05) is 7.11 Å². The van der Waals surface area contributed by atoms with E-state index in [0.717, 1.165) is 38.5 Å². The van der Waals surface area contributed by atoms with Crippen LogP contribution in [-0.4, -0.2) is 102 Å². The molecule has 0 saturated heterocycles. The minimum Gasteiger partial charge on any atom is -0.507 e. The number of fused-ring (bicyclic) bond motifs is 4. The topological polar surface area (TPSA) is 244 Å². The number of unbranched alkanes of at least 4 members (excludes halogenated alkanes) is 4. The molecule has 4 aromatic rings. The van der Waals surface area contributed by atoms with Crippen LogP contribution in [0, 0.1) is 13.8 Å². The third kappa shape index (κ3) is 11.0. The number of phenols is 4. The first-order valence-electron chi connectivity index (χ1n) is 21.8. The van der Waals surface area contributed by atoms with Gasteiger partial charge in [0.25, 0.3) is 0 Å². The van der Waals surface area contributed by atoms with Crippen LogP contribution >= 0.6 is 0 Å². The number of carbonyl (C=O) groups is 2. The van der Waals surface area contributed by atoms with E-state index in [1.807, 2.05) is 0 Å². The SMILES string of the molecule is CCCCCC(O)CC(O)CC1Cc2cc3cc(CO)c(C)c(O)c3c(O)c2C(=O)O1.CCCCCC(O)CC(O)CC1Cc2cc3cc(OC)c(C)c(O)c3c(O)c2C(=O)O1. The Kier molecular flexibility index (Phi) is 16.7. The molecular weight excluding hydrogens is 801 g/mol. The molecule has 9 N–H and O–H groups in total. The van der Waals surface area contributed by atoms with E-state index >= 15 is 0 Å². The van der Waals surface area contributed by atoms with E-state index in [4.69, 9.17) is 14.2 Å². The summed E-state index contributed by atoms with van der Waals surface area (Å²) < 4.78 is 16.2. The number of ether oxygens (including phenoxy) is 3. The number of methoxy groups -OCH3 is 1. The second kappa shape index (κ2) is 21.5. The average molecular weight is 865 g/mol. The quantitative estimate of drug-likeness (QED) is 0.0363. The Labute approximate surface area is 362 Å². The normalized spacial score (nSPS) is 17.9. The summed E-state index contributed by atoms with van der Waals surface area (Å²) in [4.78, 5) is 25.3. The van der Waals surface area contributed by atoms with Crippen LogP contribution in [0.25, 0.3) is 21.5 Å². The van der Waals surface area contributed by atoms with Gasteiger partial charge >= 0.3 is 11.9 Å². The Morgan fingerprint density at radius 1 is 0.629 bits per heavy atom. The number of phenolic OH excluding ortho intramolecular Hbond substituents is 4. The molecule has 0 saturated carbocycles. The molecule has 2 heterocycles. The first kappa shape index (κ1) is 48.2. The molecule has 340 valence electrons. The lowest BCUT2D eigenvalue weighted by Gasteiger charge is -2.28. The van der Waals surface area contributed by atoms with Crippen molar-refractivity contribution in [2.45, 2.75) is 161 Å². The van der Waals surface area contributed by atoms with Crippen molar-refractivity contribution in [2.24, 2.45) is 0 Å². The number of carbonyl (C=O) groups excluding carboxylic acids is 2. The summed E-state index contributed by atoms with van der Waals surface area (Å²) >= 11 is 0. The van der Waals surface area contributed by atoms with Crippen LogP contribution in [0.15, 0.2) is 24.3 Å². The molecule has 4 aromatic carbocycles. The van der Waals surface area contributed by atoms with Crippen molar-refractivity contribution < 1.29 is 69.8 Å². The van der Waals surface area contributed by atoms with Gasteiger partial charge in [0.05, 0.1) is 48.9 Å². The van der Waals surface area contributed by atoms with Crippen LogP contribution in [0.1, 0.15) is 139 Å². The summed E-state index contributed by atoms with van der Waals surface area (Å²) in [5.74, 6) is -1.88. The first-order chi connectivity index (χ1) is 29.5. The number of rotatable bonds is 18. The second-order valence-electron chi connectivity index (χ2n) is 16.9. The van der Waals surface area contributed by atoms with Crippen molar-refractivity contribution in [3.05, 3.63) is 63.2 Å². The highest BCUT2D eigenvalue weighted by Gasteiger charge is 2.35. The van der Waals surface area contributed by atoms with Gasteiger partial charge in [-0.1, -0.05) is 52.4 Å². The molecule has 0 aromatic heterocycles. The van der Waals surface area contributed by atoms with Gasteiger partial charge in [-0.05, 0) is 96.8 Å². The number of aliphatic hydroxyl groups is 5. The van der Waals surface area contributed by atoms with Crippen molar-refractivity contribution in [1.29, 1.82) is 0 Å². The molecule has 62 heavy (non-hydrogen) atoms. The molecule has 6 unspecified atom stereocenters. The molecule has 0 aliphatic carbocycles. The Balaban J connectivity index is 0.000000234. The van der Waals surface area contributed by atoms with E-state index in [1.54, 1.807) is 38.1 Å². The summed E-state index contributed by atoms with van der Waals surface area (Å²) in [7, 11) is 1.50. The van der Waals surface area contributed by atoms with Crippen LogP contribution in [-0.2, 0) is 28.9 Å². The fourth-order valence-corrected chi connectivity index (χ4v) is 8.74. The molecule has 6 rings (SSSR count). The lowest BCUT2D eigenvalue weighted by atomic mass is 9.89. The molecule has 0 fully saturated rings. The zero-order valence-electron chi connectivity index (χ0n) is 36.4. The predicted molar refractivity (Wildman–Crippen MR) is 233 cm³/mol. The summed E-state index contributed by atoms with van der Waals surface area (Å²) in [6.07, 6.45) is 4.87. The monoisotopic (exact) mass is 864 g/mol. The van der Waals surface area contributed by atoms with Gasteiger partial charge in [-0.3, -0.25) is 0 Å². The highest BCUT2D eigenvalue weighted by Crippen LogP contribution is 2.45. The zero-order valence-corrected chi connectivity index (χ0v) is 36.4. The maximum absolute atomic E-state index is 12.6. The number of esters is 2. The van der Waals surface area contributed by atoms with Crippen molar-refractivity contribution in [3.63, 3.8) is 0 Å². The molecule has 0 bridgehead atoms. The van der Waals surface area contributed by atoms with Crippen LogP contribution in [0.3, 0.4) is 0 Å². The minimum absolute atomic E-state index is 0.0179. The van der Waals surface area contributed by atoms with E-state index in [-0.39, 0.29) is 77.2 Å². The third-order valence-corrected chi connectivity index (χ3v) is 12.2. The fourth-order valence-electron chi connectivity index (χ4n) is 8.74. The van der Waals surface area contributed by atoms with Gasteiger partial charge in [0.1, 0.15) is 52.1 Å². The maximum atomic E-state index is 12.6. The van der Waals surface area contributed by atoms with E-state index in [1.165, 1.54) is 7.11 Å². The zero-order chi connectivity index (χ0) is 45.4. The number of hydrogen-bond donors (Lipinski definition) is 9. The maximum Gasteiger partial charge on any atom is 0.342 e. The smallest absolute Gasteiger partial charge is 0.342 e. The van der Waals surface area contributed by atoms with E-state index < -0.39 is 48.6 Å². The number of hydrogen-bond acceptors (Lipinski definition) is 14. The molecule has 0 amide bonds. The largest absolute Gasteiger partial charge is 0.507 e. The van der Waals surface area contributed by atoms with E-state index in [2.05, 4.69) is 13.8 Å². The average Bonchev–Trinajstić information content (AvgIpc) is 3.20. The fraction of sp³-hybridized carbons (Fsp3) is 0.542. The summed E-state index contributed by atoms with van der Waals surface area (Å²) in [5.41, 5.74) is 2.65. The Morgan fingerprint density at radius 2 is 1.06 bits per heavy atom. The first-order valence-corrected chi connectivity index (χ1v) is 21.8. The van der Waals surface area contributed by atoms with Gasteiger partial charge in [-0.15, -0.1) is 0 Å². The van der Waals surface area contributed by atoms with E-state index in [0.29, 0.717) is 70.0 Å². The number of aromatic hydroxyl groups is 4.